The number of nitrogens with one attached hydrogen (secondary N) is 1. The van der Waals surface area contributed by atoms with E-state index in [9.17, 15) is 10.1 Å². The van der Waals surface area contributed by atoms with Crippen LogP contribution in [0.5, 0.6) is 0 Å². The van der Waals surface area contributed by atoms with Gasteiger partial charge in [-0.1, -0.05) is 47.5 Å². The summed E-state index contributed by atoms with van der Waals surface area (Å²) >= 11 is 12.5. The molecule has 0 bridgehead atoms. The van der Waals surface area contributed by atoms with E-state index < -0.39 is 5.91 Å². The molecule has 0 unspecified atom stereocenters. The number of nitriles is 1. The molecule has 0 atom stereocenters. The monoisotopic (exact) mass is 410 g/mol. The van der Waals surface area contributed by atoms with E-state index in [1.54, 1.807) is 31.2 Å². The number of anilines is 1. The Hall–Kier alpha value is -3.07. The first-order chi connectivity index (χ1) is 13.4. The summed E-state index contributed by atoms with van der Waals surface area (Å²) in [6, 6.07) is 16.4. The third-order valence-electron chi connectivity index (χ3n) is 4.15. The van der Waals surface area contributed by atoms with E-state index in [-0.39, 0.29) is 10.7 Å². The molecular formula is C21H16Cl2N4O. The summed E-state index contributed by atoms with van der Waals surface area (Å²) in [7, 11) is 0. The maximum absolute atomic E-state index is 12.6. The van der Waals surface area contributed by atoms with Gasteiger partial charge in [0.05, 0.1) is 11.4 Å². The molecular weight excluding hydrogens is 395 g/mol. The second-order valence-corrected chi connectivity index (χ2v) is 6.91. The fourth-order valence-corrected chi connectivity index (χ4v) is 3.16. The highest BCUT2D eigenvalue weighted by Gasteiger charge is 2.17. The van der Waals surface area contributed by atoms with Crippen LogP contribution in [0.1, 0.15) is 16.8 Å². The largest absolute Gasteiger partial charge is 0.321 e. The van der Waals surface area contributed by atoms with Gasteiger partial charge in [0.1, 0.15) is 16.8 Å². The summed E-state index contributed by atoms with van der Waals surface area (Å²) in [4.78, 5) is 12.6. The molecule has 0 saturated heterocycles. The van der Waals surface area contributed by atoms with Crippen LogP contribution in [-0.4, -0.2) is 15.7 Å². The summed E-state index contributed by atoms with van der Waals surface area (Å²) in [5.74, 6) is -0.511. The number of rotatable bonds is 4. The van der Waals surface area contributed by atoms with Crippen LogP contribution in [0.15, 0.2) is 54.1 Å². The number of carbonyl (C=O) groups excluding carboxylic acids is 1. The third-order valence-corrected chi connectivity index (χ3v) is 4.75. The molecule has 5 nitrogen and oxygen atoms in total. The van der Waals surface area contributed by atoms with Gasteiger partial charge >= 0.3 is 0 Å². The zero-order valence-electron chi connectivity index (χ0n) is 15.2. The molecule has 0 saturated carbocycles. The normalized spacial score (nSPS) is 11.2. The summed E-state index contributed by atoms with van der Waals surface area (Å²) < 4.78 is 1.52. The number of para-hydroxylation sites is 1. The van der Waals surface area contributed by atoms with E-state index in [0.717, 1.165) is 5.56 Å². The highest BCUT2D eigenvalue weighted by atomic mass is 35.5. The van der Waals surface area contributed by atoms with Crippen LogP contribution in [0, 0.1) is 25.2 Å². The first kappa shape index (κ1) is 19.7. The number of carbonyl (C=O) groups is 1. The van der Waals surface area contributed by atoms with Crippen LogP contribution in [0.2, 0.25) is 10.2 Å². The molecule has 0 aliphatic heterocycles. The fraction of sp³-hybridized carbons (Fsp3) is 0.0952. The Bertz CT molecular complexity index is 1130. The highest BCUT2D eigenvalue weighted by Crippen LogP contribution is 2.27. The minimum Gasteiger partial charge on any atom is -0.321 e. The third kappa shape index (κ3) is 4.09. The Kier molecular flexibility index (Phi) is 5.84. The second kappa shape index (κ2) is 8.30. The maximum Gasteiger partial charge on any atom is 0.266 e. The smallest absolute Gasteiger partial charge is 0.266 e. The number of aryl methyl sites for hydroxylation is 2. The average molecular weight is 411 g/mol. The number of halogens is 2. The van der Waals surface area contributed by atoms with Crippen molar-refractivity contribution >= 4 is 40.9 Å². The molecule has 0 fully saturated rings. The van der Waals surface area contributed by atoms with Crippen LogP contribution in [-0.2, 0) is 4.79 Å². The quantitative estimate of drug-likeness (QED) is 0.465. The Balaban J connectivity index is 1.96. The molecule has 2 aromatic carbocycles. The van der Waals surface area contributed by atoms with Crippen LogP contribution >= 0.6 is 23.2 Å². The molecule has 1 N–H and O–H groups in total. The molecule has 0 spiro atoms. The first-order valence-corrected chi connectivity index (χ1v) is 9.16. The molecule has 3 rings (SSSR count). The number of hydrogen-bond acceptors (Lipinski definition) is 3. The van der Waals surface area contributed by atoms with E-state index in [1.165, 1.54) is 10.8 Å². The Morgan fingerprint density at radius 2 is 1.93 bits per heavy atom. The number of aromatic nitrogens is 2. The van der Waals surface area contributed by atoms with Gasteiger partial charge in [0.25, 0.3) is 5.91 Å². The number of benzene rings is 2. The molecule has 0 radical (unpaired) electrons. The minimum absolute atomic E-state index is 0.0705. The van der Waals surface area contributed by atoms with Gasteiger partial charge in [0.2, 0.25) is 0 Å². The lowest BCUT2D eigenvalue weighted by Crippen LogP contribution is -2.14. The number of nitrogens with zero attached hydrogens (tertiary/aromatic N) is 3. The Morgan fingerprint density at radius 1 is 1.18 bits per heavy atom. The van der Waals surface area contributed by atoms with Crippen LogP contribution in [0.3, 0.4) is 0 Å². The van der Waals surface area contributed by atoms with Gasteiger partial charge in [-0.05, 0) is 49.8 Å². The van der Waals surface area contributed by atoms with Crippen molar-refractivity contribution in [1.29, 1.82) is 5.26 Å². The predicted molar refractivity (Wildman–Crippen MR) is 112 cm³/mol. The summed E-state index contributed by atoms with van der Waals surface area (Å²) in [5, 5.41) is 17.5. The van der Waals surface area contributed by atoms with Gasteiger partial charge in [0, 0.05) is 16.3 Å². The predicted octanol–water partition coefficient (Wildman–Crippen LogP) is 5.34. The molecule has 7 heteroatoms. The van der Waals surface area contributed by atoms with Crippen molar-refractivity contribution in [2.45, 2.75) is 13.8 Å². The SMILES string of the molecule is Cc1ccccc1NC(=O)/C(C#N)=C/c1c(C)nn(-c2cccc(Cl)c2)c1Cl. The molecule has 1 heterocycles. The number of amides is 1. The molecule has 28 heavy (non-hydrogen) atoms. The molecule has 0 aliphatic rings. The van der Waals surface area contributed by atoms with Crippen LogP contribution in [0.25, 0.3) is 11.8 Å². The van der Waals surface area contributed by atoms with E-state index >= 15 is 0 Å². The lowest BCUT2D eigenvalue weighted by Gasteiger charge is -2.07. The van der Waals surface area contributed by atoms with Crippen LogP contribution < -0.4 is 5.32 Å². The zero-order valence-corrected chi connectivity index (χ0v) is 16.7. The lowest BCUT2D eigenvalue weighted by molar-refractivity contribution is -0.112. The first-order valence-electron chi connectivity index (χ1n) is 8.40. The molecule has 0 aliphatic carbocycles. The van der Waals surface area contributed by atoms with E-state index in [0.29, 0.717) is 27.7 Å². The summed E-state index contributed by atoms with van der Waals surface area (Å²) in [6.07, 6.45) is 1.44. The molecule has 1 aromatic heterocycles. The van der Waals surface area contributed by atoms with Gasteiger partial charge in [-0.3, -0.25) is 4.79 Å². The average Bonchev–Trinajstić information content (AvgIpc) is 2.95. The van der Waals surface area contributed by atoms with E-state index in [2.05, 4.69) is 10.4 Å². The van der Waals surface area contributed by atoms with Crippen molar-refractivity contribution < 1.29 is 4.79 Å². The van der Waals surface area contributed by atoms with Crippen molar-refractivity contribution in [2.24, 2.45) is 0 Å². The van der Waals surface area contributed by atoms with Crippen molar-refractivity contribution in [3.63, 3.8) is 0 Å². The lowest BCUT2D eigenvalue weighted by atomic mass is 10.1. The minimum atomic E-state index is -0.511. The van der Waals surface area contributed by atoms with Gasteiger partial charge in [-0.25, -0.2) is 4.68 Å². The standard InChI is InChI=1S/C21H16Cl2N4O/c1-13-6-3-4-9-19(13)25-21(28)15(12-24)10-18-14(2)26-27(20(18)23)17-8-5-7-16(22)11-17/h3-11H,1-2H3,(H,25,28)/b15-10+. The van der Waals surface area contributed by atoms with Crippen molar-refractivity contribution in [2.75, 3.05) is 5.32 Å². The Labute approximate surface area is 172 Å². The van der Waals surface area contributed by atoms with Crippen molar-refractivity contribution in [1.82, 2.24) is 9.78 Å². The van der Waals surface area contributed by atoms with Gasteiger partial charge in [-0.2, -0.15) is 10.4 Å². The fourth-order valence-electron chi connectivity index (χ4n) is 2.65. The Morgan fingerprint density at radius 3 is 2.61 bits per heavy atom. The molecule has 1 amide bonds. The number of hydrogen-bond donors (Lipinski definition) is 1. The topological polar surface area (TPSA) is 70.7 Å². The van der Waals surface area contributed by atoms with Crippen molar-refractivity contribution in [3.8, 4) is 11.8 Å². The van der Waals surface area contributed by atoms with Crippen LogP contribution in [0.4, 0.5) is 5.69 Å². The van der Waals surface area contributed by atoms with E-state index in [1.807, 2.05) is 37.3 Å². The van der Waals surface area contributed by atoms with Crippen molar-refractivity contribution in [3.05, 3.63) is 81.1 Å². The molecule has 140 valence electrons. The van der Waals surface area contributed by atoms with Gasteiger partial charge in [0.15, 0.2) is 0 Å². The summed E-state index contributed by atoms with van der Waals surface area (Å²) in [5.41, 5.74) is 3.24. The van der Waals surface area contributed by atoms with E-state index in [4.69, 9.17) is 23.2 Å². The second-order valence-electron chi connectivity index (χ2n) is 6.12. The molecule has 3 aromatic rings. The van der Waals surface area contributed by atoms with Gasteiger partial charge in [-0.15, -0.1) is 0 Å². The zero-order chi connectivity index (χ0) is 20.3. The van der Waals surface area contributed by atoms with Gasteiger partial charge < -0.3 is 5.32 Å². The maximum atomic E-state index is 12.6. The highest BCUT2D eigenvalue weighted by molar-refractivity contribution is 6.32. The summed E-state index contributed by atoms with van der Waals surface area (Å²) in [6.45, 7) is 3.63.